The summed E-state index contributed by atoms with van der Waals surface area (Å²) in [4.78, 5) is 38.1. The van der Waals surface area contributed by atoms with Crippen molar-refractivity contribution in [3.63, 3.8) is 0 Å². The van der Waals surface area contributed by atoms with E-state index in [0.717, 1.165) is 128 Å². The molecular weight excluding hydrogens is 865 g/mol. The molecule has 0 heterocycles. The van der Waals surface area contributed by atoms with Crippen molar-refractivity contribution in [3.8, 4) is 0 Å². The average Bonchev–Trinajstić information content (AvgIpc) is 3.36. The Morgan fingerprint density at radius 2 is 0.586 bits per heavy atom. The minimum Gasteiger partial charge on any atom is -0.462 e. The summed E-state index contributed by atoms with van der Waals surface area (Å²) in [7, 11) is 0. The van der Waals surface area contributed by atoms with Crippen LogP contribution in [0.2, 0.25) is 0 Å². The number of hydrogen-bond acceptors (Lipinski definition) is 6. The first kappa shape index (κ1) is 65.5. The second kappa shape index (κ2) is 57.1. The van der Waals surface area contributed by atoms with Gasteiger partial charge < -0.3 is 14.2 Å². The van der Waals surface area contributed by atoms with Crippen LogP contribution >= 0.6 is 0 Å². The van der Waals surface area contributed by atoms with Gasteiger partial charge in [-0.05, 0) is 103 Å². The normalized spacial score (nSPS) is 13.1. The lowest BCUT2D eigenvalue weighted by molar-refractivity contribution is -0.166. The van der Waals surface area contributed by atoms with Crippen molar-refractivity contribution in [2.24, 2.45) is 0 Å². The van der Waals surface area contributed by atoms with E-state index in [1.165, 1.54) is 57.8 Å². The van der Waals surface area contributed by atoms with Crippen LogP contribution in [0.15, 0.2) is 134 Å². The Hall–Kier alpha value is -4.45. The van der Waals surface area contributed by atoms with E-state index in [1.54, 1.807) is 0 Å². The molecule has 1 atom stereocenters. The molecule has 6 nitrogen and oxygen atoms in total. The fourth-order valence-corrected chi connectivity index (χ4v) is 7.26. The Morgan fingerprint density at radius 3 is 0.929 bits per heavy atom. The zero-order chi connectivity index (χ0) is 50.7. The van der Waals surface area contributed by atoms with Gasteiger partial charge in [-0.25, -0.2) is 0 Å². The quantitative estimate of drug-likeness (QED) is 0.0262. The van der Waals surface area contributed by atoms with Gasteiger partial charge in [0.1, 0.15) is 13.2 Å². The summed E-state index contributed by atoms with van der Waals surface area (Å²) < 4.78 is 16.8. The van der Waals surface area contributed by atoms with E-state index in [9.17, 15) is 14.4 Å². The van der Waals surface area contributed by atoms with Crippen LogP contribution in [-0.4, -0.2) is 37.2 Å². The summed E-state index contributed by atoms with van der Waals surface area (Å²) in [5.41, 5.74) is 0. The molecule has 0 aliphatic carbocycles. The third-order valence-corrected chi connectivity index (χ3v) is 11.4. The Kier molecular flexibility index (Phi) is 53.5. The highest BCUT2D eigenvalue weighted by Crippen LogP contribution is 2.14. The lowest BCUT2D eigenvalue weighted by Gasteiger charge is -2.18. The summed E-state index contributed by atoms with van der Waals surface area (Å²) in [6.45, 7) is 6.32. The predicted octanol–water partition coefficient (Wildman–Crippen LogP) is 19.0. The third-order valence-electron chi connectivity index (χ3n) is 11.4. The largest absolute Gasteiger partial charge is 0.462 e. The molecule has 0 aromatic heterocycles. The minimum atomic E-state index is -0.830. The van der Waals surface area contributed by atoms with Gasteiger partial charge in [0, 0.05) is 19.3 Å². The molecule has 0 fully saturated rings. The van der Waals surface area contributed by atoms with Crippen LogP contribution in [0.25, 0.3) is 0 Å². The molecule has 0 aromatic carbocycles. The summed E-state index contributed by atoms with van der Waals surface area (Å²) in [6, 6.07) is 0. The zero-order valence-electron chi connectivity index (χ0n) is 45.0. The predicted molar refractivity (Wildman–Crippen MR) is 302 cm³/mol. The van der Waals surface area contributed by atoms with Crippen LogP contribution in [0.4, 0.5) is 0 Å². The van der Waals surface area contributed by atoms with E-state index < -0.39 is 12.1 Å². The Bertz CT molecular complexity index is 1530. The summed E-state index contributed by atoms with van der Waals surface area (Å²) in [5, 5.41) is 0. The highest BCUT2D eigenvalue weighted by atomic mass is 16.6. The van der Waals surface area contributed by atoms with Gasteiger partial charge in [0.15, 0.2) is 6.10 Å². The molecule has 6 heteroatoms. The number of ether oxygens (including phenoxy) is 3. The van der Waals surface area contributed by atoms with Crippen LogP contribution in [0.3, 0.4) is 0 Å². The van der Waals surface area contributed by atoms with Crippen molar-refractivity contribution in [3.05, 3.63) is 134 Å². The molecule has 0 radical (unpaired) electrons. The lowest BCUT2D eigenvalue weighted by atomic mass is 10.0. The van der Waals surface area contributed by atoms with E-state index >= 15 is 0 Å². The van der Waals surface area contributed by atoms with Crippen molar-refractivity contribution in [1.29, 1.82) is 0 Å². The van der Waals surface area contributed by atoms with E-state index in [0.29, 0.717) is 19.3 Å². The standard InChI is InChI=1S/C64H102O6/c1-4-7-10-13-16-19-22-25-27-29-31-32-34-35-37-39-42-45-48-51-54-57-63(66)69-60-61(59-68-62(65)56-53-50-47-44-41-24-21-18-15-12-9-6-3)70-64(67)58-55-52-49-46-43-40-38-36-33-30-28-26-23-20-17-14-11-8-5-2/h7-8,10-11,16-17,19-20,25-28,31-33,35-37,40,43,49,52,61H,4-6,9,12-15,18,21-24,29-30,34,38-39,41-42,44-48,50-51,53-60H2,1-3H3/b10-7-,11-8-,19-16-,20-17-,27-25-,28-26-,32-31-,36-33-,37-35-,43-40-,52-49-. The van der Waals surface area contributed by atoms with Crippen molar-refractivity contribution in [1.82, 2.24) is 0 Å². The maximum Gasteiger partial charge on any atom is 0.306 e. The number of unbranched alkanes of at least 4 members (excludes halogenated alkanes) is 16. The molecule has 0 amide bonds. The summed E-state index contributed by atoms with van der Waals surface area (Å²) >= 11 is 0. The first-order chi connectivity index (χ1) is 34.5. The number of hydrogen-bond donors (Lipinski definition) is 0. The molecule has 0 bridgehead atoms. The smallest absolute Gasteiger partial charge is 0.306 e. The summed E-state index contributed by atoms with van der Waals surface area (Å²) in [5.74, 6) is -1.03. The van der Waals surface area contributed by atoms with Crippen LogP contribution in [0, 0.1) is 0 Å². The van der Waals surface area contributed by atoms with E-state index in [1.807, 2.05) is 12.2 Å². The van der Waals surface area contributed by atoms with Crippen LogP contribution in [-0.2, 0) is 28.6 Å². The van der Waals surface area contributed by atoms with Crippen molar-refractivity contribution in [2.75, 3.05) is 13.2 Å². The number of carbonyl (C=O) groups excluding carboxylic acids is 3. The number of allylic oxidation sites excluding steroid dienone is 22. The first-order valence-corrected chi connectivity index (χ1v) is 28.2. The van der Waals surface area contributed by atoms with E-state index in [4.69, 9.17) is 14.2 Å². The Morgan fingerprint density at radius 1 is 0.300 bits per heavy atom. The van der Waals surface area contributed by atoms with Crippen LogP contribution in [0.5, 0.6) is 0 Å². The van der Waals surface area contributed by atoms with E-state index in [-0.39, 0.29) is 31.6 Å². The lowest BCUT2D eigenvalue weighted by Crippen LogP contribution is -2.30. The number of carbonyl (C=O) groups is 3. The second-order valence-corrected chi connectivity index (χ2v) is 18.1. The topological polar surface area (TPSA) is 78.9 Å². The molecule has 1 unspecified atom stereocenters. The SMILES string of the molecule is CC/C=C\C/C=C\C/C=C\C/C=C\C/C=C\C/C=C\CCC(=O)OC(COC(=O)CCCCCCC/C=C\C/C=C\C/C=C\C/C=C\C/C=C\CC)COC(=O)CCCCCCCCCCCCCC. The van der Waals surface area contributed by atoms with Gasteiger partial charge in [-0.2, -0.15) is 0 Å². The Labute approximate surface area is 430 Å². The molecule has 0 N–H and O–H groups in total. The van der Waals surface area contributed by atoms with Crippen molar-refractivity contribution < 1.29 is 28.6 Å². The number of rotatable bonds is 49. The van der Waals surface area contributed by atoms with Crippen LogP contribution < -0.4 is 0 Å². The van der Waals surface area contributed by atoms with Gasteiger partial charge >= 0.3 is 17.9 Å². The second-order valence-electron chi connectivity index (χ2n) is 18.1. The maximum atomic E-state index is 12.8. The number of esters is 3. The summed E-state index contributed by atoms with van der Waals surface area (Å²) in [6.07, 6.45) is 80.2. The molecule has 0 aromatic rings. The highest BCUT2D eigenvalue weighted by molar-refractivity contribution is 5.71. The highest BCUT2D eigenvalue weighted by Gasteiger charge is 2.19. The van der Waals surface area contributed by atoms with Gasteiger partial charge in [0.05, 0.1) is 0 Å². The van der Waals surface area contributed by atoms with Gasteiger partial charge in [-0.3, -0.25) is 14.4 Å². The van der Waals surface area contributed by atoms with Gasteiger partial charge in [0.2, 0.25) is 0 Å². The molecule has 394 valence electrons. The average molecular weight is 968 g/mol. The maximum absolute atomic E-state index is 12.8. The molecule has 0 spiro atoms. The fraction of sp³-hybridized carbons (Fsp3) is 0.609. The molecule has 0 aliphatic rings. The first-order valence-electron chi connectivity index (χ1n) is 28.2. The molecular formula is C64H102O6. The third kappa shape index (κ3) is 54.5. The molecule has 0 saturated carbocycles. The Balaban J connectivity index is 4.53. The van der Waals surface area contributed by atoms with Gasteiger partial charge in [-0.15, -0.1) is 0 Å². The van der Waals surface area contributed by atoms with Crippen LogP contribution in [0.1, 0.15) is 233 Å². The van der Waals surface area contributed by atoms with Gasteiger partial charge in [-0.1, -0.05) is 244 Å². The fourth-order valence-electron chi connectivity index (χ4n) is 7.26. The van der Waals surface area contributed by atoms with E-state index in [2.05, 4.69) is 142 Å². The van der Waals surface area contributed by atoms with Crippen molar-refractivity contribution in [2.45, 2.75) is 239 Å². The van der Waals surface area contributed by atoms with Crippen molar-refractivity contribution >= 4 is 17.9 Å². The molecule has 70 heavy (non-hydrogen) atoms. The monoisotopic (exact) mass is 967 g/mol. The minimum absolute atomic E-state index is 0.117. The molecule has 0 rings (SSSR count). The molecule has 0 aliphatic heterocycles. The van der Waals surface area contributed by atoms with Gasteiger partial charge in [0.25, 0.3) is 0 Å². The zero-order valence-corrected chi connectivity index (χ0v) is 45.0. The molecule has 0 saturated heterocycles.